The molecule has 12 heteroatoms. The van der Waals surface area contributed by atoms with Crippen LogP contribution in [0.3, 0.4) is 0 Å². The number of H-pyrrole nitrogens is 1. The third-order valence-corrected chi connectivity index (χ3v) is 8.55. The number of halogens is 2. The van der Waals surface area contributed by atoms with Gasteiger partial charge in [0, 0.05) is 38.0 Å². The van der Waals surface area contributed by atoms with E-state index in [9.17, 15) is 14.8 Å². The van der Waals surface area contributed by atoms with Crippen LogP contribution in [0.4, 0.5) is 5.95 Å². The van der Waals surface area contributed by atoms with Gasteiger partial charge >= 0.3 is 0 Å². The first-order valence-corrected chi connectivity index (χ1v) is 18.1. The fourth-order valence-electron chi connectivity index (χ4n) is 4.81. The third kappa shape index (κ3) is 17.2. The summed E-state index contributed by atoms with van der Waals surface area (Å²) in [5, 5.41) is 18.3. The Bertz CT molecular complexity index is 1220. The average Bonchev–Trinajstić information content (AvgIpc) is 3.43. The number of nitrogens with zero attached hydrogens (tertiary/aromatic N) is 2. The van der Waals surface area contributed by atoms with Gasteiger partial charge in [-0.1, -0.05) is 63.3 Å². The monoisotopic (exact) mass is 766 g/mol. The minimum atomic E-state index is -0.467. The number of imidazole rings is 1. The number of oxime groups is 1. The topological polar surface area (TPSA) is 155 Å². The number of nitrogens with two attached hydrogens (primary N) is 1. The van der Waals surface area contributed by atoms with Crippen molar-refractivity contribution in [3.63, 3.8) is 0 Å². The molecule has 0 aliphatic carbocycles. The van der Waals surface area contributed by atoms with Crippen molar-refractivity contribution in [2.24, 2.45) is 11.1 Å². The number of aromatic amines is 1. The molecule has 0 fully saturated rings. The fourth-order valence-corrected chi connectivity index (χ4v) is 6.32. The van der Waals surface area contributed by atoms with Gasteiger partial charge in [0.25, 0.3) is 5.91 Å². The molecule has 0 saturated carbocycles. The van der Waals surface area contributed by atoms with Gasteiger partial charge in [-0.15, -0.1) is 0 Å². The Hall–Kier alpha value is -2.86. The van der Waals surface area contributed by atoms with E-state index < -0.39 is 5.91 Å². The number of amides is 2. The van der Waals surface area contributed by atoms with Gasteiger partial charge in [0.2, 0.25) is 5.91 Å². The molecular weight excluding hydrogens is 716 g/mol. The lowest BCUT2D eigenvalue weighted by atomic mass is 10.0. The van der Waals surface area contributed by atoms with Crippen LogP contribution in [0.25, 0.3) is 0 Å². The largest absolute Gasteiger partial charge is 0.491 e. The number of allylic oxidation sites excluding steroid dienone is 2. The number of nitrogen functional groups attached to an aromatic ring is 1. The Morgan fingerprint density at radius 3 is 2.33 bits per heavy atom. The second kappa shape index (κ2) is 23.5. The maximum absolute atomic E-state index is 12.5. The number of hydrogen-bond donors (Lipinski definition) is 5. The van der Waals surface area contributed by atoms with E-state index in [1.54, 1.807) is 6.20 Å². The summed E-state index contributed by atoms with van der Waals surface area (Å²) in [5.41, 5.74) is 7.09. The number of nitrogens with one attached hydrogen (secondary N) is 3. The summed E-state index contributed by atoms with van der Waals surface area (Å²) in [6.07, 6.45) is 20.1. The molecule has 1 heterocycles. The van der Waals surface area contributed by atoms with Crippen molar-refractivity contribution in [1.82, 2.24) is 20.6 Å². The van der Waals surface area contributed by atoms with Crippen molar-refractivity contribution in [3.8, 4) is 5.75 Å². The highest BCUT2D eigenvalue weighted by molar-refractivity contribution is 9.11. The van der Waals surface area contributed by atoms with Crippen LogP contribution in [0.5, 0.6) is 5.75 Å². The molecule has 2 amide bonds. The van der Waals surface area contributed by atoms with E-state index in [0.29, 0.717) is 59.6 Å². The zero-order valence-electron chi connectivity index (χ0n) is 27.4. The lowest BCUT2D eigenvalue weighted by molar-refractivity contribution is -0.121. The molecule has 0 aliphatic heterocycles. The van der Waals surface area contributed by atoms with Crippen LogP contribution in [0.15, 0.2) is 44.6 Å². The van der Waals surface area contributed by atoms with Gasteiger partial charge in [-0.05, 0) is 94.0 Å². The molecule has 2 aromatic rings. The van der Waals surface area contributed by atoms with Crippen LogP contribution in [0.1, 0.15) is 102 Å². The van der Waals surface area contributed by atoms with E-state index in [4.69, 9.17) is 10.5 Å². The standard InChI is InChI=1S/C34H52Br2N6O4/c1-25(2)15-12-10-8-6-4-3-5-7-9-11-13-16-31(43)38-18-14-20-46-32-28(35)21-26(22-29(32)36)23-30(42-45)33(44)39-19-17-27-24-40-34(37)41-27/h4,6,21-22,24-25,45H,3,5,7-20,23H2,1-2H3,(H,38,43)(H,39,44)(H3,37,40,41)/b6-4-,42-30+. The molecule has 0 bridgehead atoms. The van der Waals surface area contributed by atoms with E-state index in [2.05, 4.69) is 83.6 Å². The summed E-state index contributed by atoms with van der Waals surface area (Å²) in [6, 6.07) is 3.64. The highest BCUT2D eigenvalue weighted by Gasteiger charge is 2.16. The molecule has 256 valence electrons. The molecule has 2 rings (SSSR count). The molecule has 10 nitrogen and oxygen atoms in total. The molecule has 1 aromatic heterocycles. The summed E-state index contributed by atoms with van der Waals surface area (Å²) in [5.74, 6) is 1.37. The number of unbranched alkanes of at least 4 members (excludes halogenated alkanes) is 7. The van der Waals surface area contributed by atoms with Crippen molar-refractivity contribution in [2.45, 2.75) is 104 Å². The maximum Gasteiger partial charge on any atom is 0.269 e. The third-order valence-electron chi connectivity index (χ3n) is 7.37. The van der Waals surface area contributed by atoms with Gasteiger partial charge in [0.05, 0.1) is 21.7 Å². The highest BCUT2D eigenvalue weighted by atomic mass is 79.9. The Balaban J connectivity index is 1.55. The lowest BCUT2D eigenvalue weighted by Gasteiger charge is -2.13. The minimum Gasteiger partial charge on any atom is -0.491 e. The predicted octanol–water partition coefficient (Wildman–Crippen LogP) is 7.64. The number of anilines is 1. The number of carbonyl (C=O) groups is 2. The average molecular weight is 769 g/mol. The summed E-state index contributed by atoms with van der Waals surface area (Å²) in [7, 11) is 0. The van der Waals surface area contributed by atoms with E-state index in [1.165, 1.54) is 44.9 Å². The zero-order chi connectivity index (χ0) is 33.6. The SMILES string of the molecule is CC(C)CCCC/C=C\CCCCCCCC(=O)NCCCOc1c(Br)cc(C/C(=N\O)C(=O)NCCc2cnc(N)[nH]2)cc1Br. The minimum absolute atomic E-state index is 0.0154. The number of benzene rings is 1. The van der Waals surface area contributed by atoms with Crippen molar-refractivity contribution >= 4 is 55.3 Å². The molecule has 6 N–H and O–H groups in total. The molecule has 0 aliphatic rings. The second-order valence-electron chi connectivity index (χ2n) is 11.9. The smallest absolute Gasteiger partial charge is 0.269 e. The van der Waals surface area contributed by atoms with Crippen molar-refractivity contribution < 1.29 is 19.5 Å². The first-order chi connectivity index (χ1) is 22.2. The summed E-state index contributed by atoms with van der Waals surface area (Å²) < 4.78 is 7.34. The van der Waals surface area contributed by atoms with Crippen LogP contribution < -0.4 is 21.1 Å². The van der Waals surface area contributed by atoms with Crippen LogP contribution in [-0.4, -0.2) is 52.4 Å². The number of hydrogen-bond acceptors (Lipinski definition) is 7. The highest BCUT2D eigenvalue weighted by Crippen LogP contribution is 2.35. The van der Waals surface area contributed by atoms with Gasteiger partial charge < -0.3 is 31.3 Å². The molecule has 1 aromatic carbocycles. The predicted molar refractivity (Wildman–Crippen MR) is 192 cm³/mol. The number of ether oxygens (including phenoxy) is 1. The van der Waals surface area contributed by atoms with E-state index in [1.807, 2.05) is 12.1 Å². The second-order valence-corrected chi connectivity index (χ2v) is 13.6. The molecule has 0 radical (unpaired) electrons. The summed E-state index contributed by atoms with van der Waals surface area (Å²) in [4.78, 5) is 31.5. The molecule has 46 heavy (non-hydrogen) atoms. The van der Waals surface area contributed by atoms with Gasteiger partial charge in [-0.25, -0.2) is 4.98 Å². The molecule has 0 spiro atoms. The Morgan fingerprint density at radius 1 is 1.00 bits per heavy atom. The van der Waals surface area contributed by atoms with Crippen LogP contribution in [0, 0.1) is 5.92 Å². The van der Waals surface area contributed by atoms with E-state index in [0.717, 1.165) is 36.4 Å². The van der Waals surface area contributed by atoms with Crippen molar-refractivity contribution in [2.75, 3.05) is 25.4 Å². The summed E-state index contributed by atoms with van der Waals surface area (Å²) >= 11 is 7.06. The van der Waals surface area contributed by atoms with Crippen molar-refractivity contribution in [3.05, 3.63) is 50.7 Å². The van der Waals surface area contributed by atoms with Gasteiger partial charge in [-0.2, -0.15) is 0 Å². The van der Waals surface area contributed by atoms with E-state index in [-0.39, 0.29) is 18.0 Å². The summed E-state index contributed by atoms with van der Waals surface area (Å²) in [6.45, 7) is 5.88. The van der Waals surface area contributed by atoms with Crippen LogP contribution in [-0.2, 0) is 22.4 Å². The van der Waals surface area contributed by atoms with E-state index >= 15 is 0 Å². The first kappa shape index (κ1) is 39.3. The number of rotatable bonds is 24. The Morgan fingerprint density at radius 2 is 1.67 bits per heavy atom. The number of carbonyl (C=O) groups excluding carboxylic acids is 2. The molecule has 0 unspecified atom stereocenters. The quantitative estimate of drug-likeness (QED) is 0.0243. The first-order valence-electron chi connectivity index (χ1n) is 16.5. The lowest BCUT2D eigenvalue weighted by Crippen LogP contribution is -2.33. The van der Waals surface area contributed by atoms with Gasteiger partial charge in [0.15, 0.2) is 5.95 Å². The number of aromatic nitrogens is 2. The van der Waals surface area contributed by atoms with Gasteiger partial charge in [0.1, 0.15) is 11.5 Å². The van der Waals surface area contributed by atoms with Crippen LogP contribution in [0.2, 0.25) is 0 Å². The fraction of sp³-hybridized carbons (Fsp3) is 0.588. The van der Waals surface area contributed by atoms with Crippen molar-refractivity contribution in [1.29, 1.82) is 0 Å². The maximum atomic E-state index is 12.5. The van der Waals surface area contributed by atoms with Crippen LogP contribution >= 0.6 is 31.9 Å². The molecule has 0 saturated heterocycles. The molecule has 0 atom stereocenters. The zero-order valence-corrected chi connectivity index (χ0v) is 30.6. The van der Waals surface area contributed by atoms with Gasteiger partial charge in [-0.3, -0.25) is 9.59 Å². The Labute approximate surface area is 291 Å². The molecular formula is C34H52Br2N6O4. The normalized spacial score (nSPS) is 11.8. The Kier molecular flexibility index (Phi) is 20.1.